The zero-order valence-corrected chi connectivity index (χ0v) is 19.0. The minimum absolute atomic E-state index is 0.0667. The predicted molar refractivity (Wildman–Crippen MR) is 111 cm³/mol. The minimum Gasteiger partial charge on any atom is -0.462 e. The summed E-state index contributed by atoms with van der Waals surface area (Å²) < 4.78 is 11.4. The number of allylic oxidation sites excluding steroid dienone is 1. The predicted octanol–water partition coefficient (Wildman–Crippen LogP) is 2.18. The Morgan fingerprint density at radius 1 is 1.00 bits per heavy atom. The number of carbonyl (C=O) groups is 3. The number of hydrogen-bond acceptors (Lipinski definition) is 7. The van der Waals surface area contributed by atoms with Crippen LogP contribution in [0.15, 0.2) is 12.2 Å². The first-order valence-electron chi connectivity index (χ1n) is 11.2. The number of ketones is 1. The molecule has 9 atom stereocenters. The summed E-state index contributed by atoms with van der Waals surface area (Å²) in [5, 5.41) is 22.8. The summed E-state index contributed by atoms with van der Waals surface area (Å²) >= 11 is 0. The highest BCUT2D eigenvalue weighted by Crippen LogP contribution is 2.71. The number of fused-ring (bicyclic) bond motifs is 3. The van der Waals surface area contributed by atoms with Gasteiger partial charge in [0, 0.05) is 48.3 Å². The van der Waals surface area contributed by atoms with Gasteiger partial charge >= 0.3 is 11.9 Å². The zero-order valence-electron chi connectivity index (χ0n) is 19.0. The van der Waals surface area contributed by atoms with E-state index in [0.29, 0.717) is 18.4 Å². The third-order valence-corrected chi connectivity index (χ3v) is 9.04. The van der Waals surface area contributed by atoms with Gasteiger partial charge in [0.15, 0.2) is 5.78 Å². The Labute approximate surface area is 183 Å². The molecule has 4 aliphatic carbocycles. The van der Waals surface area contributed by atoms with Crippen LogP contribution in [0.3, 0.4) is 0 Å². The molecule has 0 heterocycles. The van der Waals surface area contributed by atoms with E-state index in [4.69, 9.17) is 9.47 Å². The molecule has 0 aromatic carbocycles. The Morgan fingerprint density at radius 3 is 2.19 bits per heavy atom. The number of esters is 2. The molecular weight excluding hydrogens is 400 g/mol. The molecule has 2 bridgehead atoms. The van der Waals surface area contributed by atoms with Crippen molar-refractivity contribution in [2.75, 3.05) is 0 Å². The summed E-state index contributed by atoms with van der Waals surface area (Å²) in [5.74, 6) is -1.96. The van der Waals surface area contributed by atoms with Gasteiger partial charge in [-0.1, -0.05) is 27.4 Å². The lowest BCUT2D eigenvalue weighted by Crippen LogP contribution is -2.72. The summed E-state index contributed by atoms with van der Waals surface area (Å²) in [6, 6.07) is 0. The summed E-state index contributed by atoms with van der Waals surface area (Å²) in [5.41, 5.74) is -1.94. The third-order valence-electron chi connectivity index (χ3n) is 9.04. The topological polar surface area (TPSA) is 110 Å². The van der Waals surface area contributed by atoms with Crippen molar-refractivity contribution in [3.8, 4) is 0 Å². The fourth-order valence-electron chi connectivity index (χ4n) is 8.21. The molecule has 0 amide bonds. The fourth-order valence-corrected chi connectivity index (χ4v) is 8.21. The van der Waals surface area contributed by atoms with Crippen molar-refractivity contribution in [1.29, 1.82) is 0 Å². The van der Waals surface area contributed by atoms with Gasteiger partial charge in [-0.2, -0.15) is 0 Å². The van der Waals surface area contributed by atoms with E-state index in [1.54, 1.807) is 0 Å². The second-order valence-corrected chi connectivity index (χ2v) is 11.1. The molecule has 0 aromatic heterocycles. The quantitative estimate of drug-likeness (QED) is 0.506. The average molecular weight is 435 g/mol. The lowest BCUT2D eigenvalue weighted by molar-refractivity contribution is -0.279. The Kier molecular flexibility index (Phi) is 4.99. The van der Waals surface area contributed by atoms with Gasteiger partial charge < -0.3 is 19.7 Å². The fraction of sp³-hybridized carbons (Fsp3) is 0.792. The number of carbonyl (C=O) groups excluding carboxylic acids is 3. The molecule has 2 N–H and O–H groups in total. The van der Waals surface area contributed by atoms with Gasteiger partial charge in [0.25, 0.3) is 0 Å². The molecule has 0 aromatic rings. The van der Waals surface area contributed by atoms with Crippen LogP contribution in [-0.2, 0) is 23.9 Å². The minimum atomic E-state index is -0.942. The van der Waals surface area contributed by atoms with Crippen LogP contribution in [0, 0.1) is 34.0 Å². The molecule has 0 saturated heterocycles. The highest BCUT2D eigenvalue weighted by Gasteiger charge is 2.75. The highest BCUT2D eigenvalue weighted by atomic mass is 16.6. The van der Waals surface area contributed by atoms with Gasteiger partial charge in [0.05, 0.1) is 12.2 Å². The number of Topliss-reactive ketones (excluding diaryl/α,β-unsaturated/α-hetero) is 1. The summed E-state index contributed by atoms with van der Waals surface area (Å²) in [4.78, 5) is 37.4. The van der Waals surface area contributed by atoms with Gasteiger partial charge in [-0.25, -0.2) is 0 Å². The molecule has 1 spiro atoms. The average Bonchev–Trinajstić information content (AvgIpc) is 2.79. The number of rotatable bonds is 2. The Hall–Kier alpha value is -1.73. The molecule has 0 aliphatic heterocycles. The number of hydrogen-bond donors (Lipinski definition) is 2. The summed E-state index contributed by atoms with van der Waals surface area (Å²) in [6.45, 7) is 12.5. The van der Waals surface area contributed by atoms with Crippen LogP contribution in [0.4, 0.5) is 0 Å². The first kappa shape index (κ1) is 22.5. The molecule has 4 rings (SSSR count). The van der Waals surface area contributed by atoms with Crippen LogP contribution in [0.5, 0.6) is 0 Å². The highest BCUT2D eigenvalue weighted by molar-refractivity contribution is 6.03. The number of ether oxygens (including phenoxy) is 2. The molecule has 7 heteroatoms. The van der Waals surface area contributed by atoms with Crippen LogP contribution < -0.4 is 0 Å². The second kappa shape index (κ2) is 6.88. The van der Waals surface area contributed by atoms with Crippen molar-refractivity contribution in [1.82, 2.24) is 0 Å². The van der Waals surface area contributed by atoms with Crippen molar-refractivity contribution in [3.05, 3.63) is 12.2 Å². The Bertz CT molecular complexity index is 847. The number of aliphatic hydroxyl groups is 2. The molecule has 7 nitrogen and oxygen atoms in total. The van der Waals surface area contributed by atoms with Crippen molar-refractivity contribution >= 4 is 17.7 Å². The lowest BCUT2D eigenvalue weighted by atomic mass is 9.38. The zero-order chi connectivity index (χ0) is 23.1. The van der Waals surface area contributed by atoms with Gasteiger partial charge in [-0.3, -0.25) is 14.4 Å². The molecule has 4 fully saturated rings. The van der Waals surface area contributed by atoms with E-state index in [1.807, 2.05) is 20.8 Å². The Morgan fingerprint density at radius 2 is 1.61 bits per heavy atom. The van der Waals surface area contributed by atoms with Crippen molar-refractivity contribution in [3.63, 3.8) is 0 Å². The van der Waals surface area contributed by atoms with Crippen LogP contribution >= 0.6 is 0 Å². The normalized spacial score (nSPS) is 47.9. The molecule has 31 heavy (non-hydrogen) atoms. The van der Waals surface area contributed by atoms with Crippen LogP contribution in [-0.4, -0.2) is 52.4 Å². The first-order chi connectivity index (χ1) is 14.3. The molecule has 0 radical (unpaired) electrons. The molecule has 0 unspecified atom stereocenters. The van der Waals surface area contributed by atoms with E-state index < -0.39 is 64.4 Å². The van der Waals surface area contributed by atoms with E-state index in [-0.39, 0.29) is 24.5 Å². The molecule has 4 aliphatic rings. The van der Waals surface area contributed by atoms with Crippen LogP contribution in [0.1, 0.15) is 60.3 Å². The van der Waals surface area contributed by atoms with E-state index in [2.05, 4.69) is 6.58 Å². The van der Waals surface area contributed by atoms with E-state index in [0.717, 1.165) is 0 Å². The van der Waals surface area contributed by atoms with Crippen LogP contribution in [0.25, 0.3) is 0 Å². The van der Waals surface area contributed by atoms with Gasteiger partial charge in [-0.05, 0) is 30.8 Å². The van der Waals surface area contributed by atoms with Crippen LogP contribution in [0.2, 0.25) is 0 Å². The monoisotopic (exact) mass is 434 g/mol. The SMILES string of the molecule is C=C1C(=O)[C@]23C[C@H]1C[C@H](O)[C@H]2[C@]1(C)[C@H]([C@@H](OC(C)=O)C3)C(C)(C)[C@@H](OC(C)=O)C[C@@H]1O. The third kappa shape index (κ3) is 2.88. The standard InChI is InChI=1S/C24H34O7/c1-11-14-7-15(27)19-23(6)17(28)8-18(31-13(3)26)22(4,5)20(23)16(30-12(2)25)10-24(19,9-14)21(11)29/h14-20,27-28H,1,7-10H2,2-6H3/t14-,15+,16+,17+,18+,19+,20-,23-,24+/m1/s1. The molecule has 4 saturated carbocycles. The van der Waals surface area contributed by atoms with E-state index >= 15 is 0 Å². The second-order valence-electron chi connectivity index (χ2n) is 11.1. The summed E-state index contributed by atoms with van der Waals surface area (Å²) in [6.07, 6.45) is -1.46. The summed E-state index contributed by atoms with van der Waals surface area (Å²) in [7, 11) is 0. The first-order valence-corrected chi connectivity index (χ1v) is 11.2. The smallest absolute Gasteiger partial charge is 0.302 e. The van der Waals surface area contributed by atoms with Gasteiger partial charge in [0.1, 0.15) is 12.2 Å². The maximum Gasteiger partial charge on any atom is 0.302 e. The number of aliphatic hydroxyl groups excluding tert-OH is 2. The maximum atomic E-state index is 13.5. The van der Waals surface area contributed by atoms with Gasteiger partial charge in [-0.15, -0.1) is 0 Å². The van der Waals surface area contributed by atoms with Crippen molar-refractivity contribution < 1.29 is 34.1 Å². The maximum absolute atomic E-state index is 13.5. The molecular formula is C24H34O7. The van der Waals surface area contributed by atoms with Crippen molar-refractivity contribution in [2.45, 2.75) is 84.7 Å². The van der Waals surface area contributed by atoms with E-state index in [1.165, 1.54) is 13.8 Å². The largest absolute Gasteiger partial charge is 0.462 e. The molecule has 172 valence electrons. The van der Waals surface area contributed by atoms with Crippen molar-refractivity contribution in [2.24, 2.45) is 34.0 Å². The van der Waals surface area contributed by atoms with E-state index in [9.17, 15) is 24.6 Å². The van der Waals surface area contributed by atoms with Gasteiger partial charge in [0.2, 0.25) is 0 Å². The lowest BCUT2D eigenvalue weighted by Gasteiger charge is -2.67. The Balaban J connectivity index is 1.90.